The number of hydrogen-bond donors (Lipinski definition) is 2. The minimum atomic E-state index is -5.13. The highest BCUT2D eigenvalue weighted by atomic mass is 19.4. The summed E-state index contributed by atoms with van der Waals surface area (Å²) < 4.78 is 54.5. The van der Waals surface area contributed by atoms with E-state index < -0.39 is 36.4 Å². The minimum absolute atomic E-state index is 0.0653. The van der Waals surface area contributed by atoms with Crippen molar-refractivity contribution >= 4 is 30.1 Å². The van der Waals surface area contributed by atoms with Crippen molar-refractivity contribution in [3.8, 4) is 5.75 Å². The van der Waals surface area contributed by atoms with Crippen molar-refractivity contribution in [3.63, 3.8) is 0 Å². The molecule has 0 atom stereocenters. The van der Waals surface area contributed by atoms with Crippen LogP contribution < -0.4 is 15.5 Å². The molecule has 0 saturated carbocycles. The van der Waals surface area contributed by atoms with Gasteiger partial charge in [-0.15, -0.1) is 0 Å². The van der Waals surface area contributed by atoms with E-state index in [-0.39, 0.29) is 22.5 Å². The van der Waals surface area contributed by atoms with Crippen LogP contribution in [0.4, 0.5) is 18.9 Å². The van der Waals surface area contributed by atoms with Gasteiger partial charge in [-0.25, -0.2) is 4.79 Å². The van der Waals surface area contributed by atoms with Crippen LogP contribution in [0.2, 0.25) is 0 Å². The third kappa shape index (κ3) is 4.03. The molecule has 27 heavy (non-hydrogen) atoms. The lowest BCUT2D eigenvalue weighted by atomic mass is 9.76. The van der Waals surface area contributed by atoms with E-state index in [4.69, 9.17) is 14.0 Å². The number of anilines is 1. The van der Waals surface area contributed by atoms with E-state index in [0.717, 1.165) is 19.2 Å². The van der Waals surface area contributed by atoms with Crippen molar-refractivity contribution in [2.45, 2.75) is 45.1 Å². The first-order valence-electron chi connectivity index (χ1n) is 7.88. The number of ether oxygens (including phenoxy) is 1. The van der Waals surface area contributed by atoms with Crippen LogP contribution in [0.5, 0.6) is 5.75 Å². The summed E-state index contributed by atoms with van der Waals surface area (Å²) in [6.07, 6.45) is -5.13. The Labute approximate surface area is 153 Å². The molecule has 1 aliphatic heterocycles. The highest BCUT2D eigenvalue weighted by Gasteiger charge is 2.53. The second kappa shape index (κ2) is 6.72. The fraction of sp³-hybridized carbons (Fsp3) is 0.500. The number of carboxylic acids is 1. The SMILES string of the molecule is COc1cc(NC(=O)C(F)(F)F)c(B2OC(C)(C)C(C)(C)O2)cc1C(=O)O. The Morgan fingerprint density at radius 3 is 2.07 bits per heavy atom. The van der Waals surface area contributed by atoms with Gasteiger partial charge in [0.25, 0.3) is 0 Å². The largest absolute Gasteiger partial charge is 0.497 e. The summed E-state index contributed by atoms with van der Waals surface area (Å²) >= 11 is 0. The Balaban J connectivity index is 2.58. The molecule has 0 aromatic heterocycles. The molecule has 1 fully saturated rings. The number of halogens is 3. The van der Waals surface area contributed by atoms with Crippen molar-refractivity contribution in [3.05, 3.63) is 17.7 Å². The Hall–Kier alpha value is -2.27. The van der Waals surface area contributed by atoms with E-state index in [0.29, 0.717) is 0 Å². The van der Waals surface area contributed by atoms with Gasteiger partial charge in [-0.3, -0.25) is 4.79 Å². The van der Waals surface area contributed by atoms with Crippen molar-refractivity contribution < 1.29 is 41.9 Å². The zero-order valence-corrected chi connectivity index (χ0v) is 15.4. The van der Waals surface area contributed by atoms with Gasteiger partial charge in [-0.2, -0.15) is 13.2 Å². The predicted octanol–water partition coefficient (Wildman–Crippen LogP) is 2.19. The lowest BCUT2D eigenvalue weighted by molar-refractivity contribution is -0.167. The molecule has 1 aliphatic rings. The van der Waals surface area contributed by atoms with Gasteiger partial charge >= 0.3 is 25.2 Å². The predicted molar refractivity (Wildman–Crippen MR) is 90.4 cm³/mol. The lowest BCUT2D eigenvalue weighted by Crippen LogP contribution is -2.41. The van der Waals surface area contributed by atoms with Gasteiger partial charge in [-0.1, -0.05) is 0 Å². The molecule has 0 bridgehead atoms. The highest BCUT2D eigenvalue weighted by molar-refractivity contribution is 6.64. The van der Waals surface area contributed by atoms with Crippen LogP contribution in [-0.4, -0.2) is 48.6 Å². The van der Waals surface area contributed by atoms with Crippen LogP contribution >= 0.6 is 0 Å². The molecule has 148 valence electrons. The Morgan fingerprint density at radius 2 is 1.67 bits per heavy atom. The molecule has 1 aromatic carbocycles. The fourth-order valence-electron chi connectivity index (χ4n) is 2.40. The van der Waals surface area contributed by atoms with E-state index in [2.05, 4.69) is 0 Å². The first kappa shape index (κ1) is 21.0. The number of carbonyl (C=O) groups excluding carboxylic acids is 1. The Bertz CT molecular complexity index is 762. The second-order valence-corrected chi connectivity index (χ2v) is 6.99. The van der Waals surface area contributed by atoms with Crippen molar-refractivity contribution in [2.75, 3.05) is 12.4 Å². The zero-order valence-electron chi connectivity index (χ0n) is 15.4. The smallest absolute Gasteiger partial charge is 0.496 e. The van der Waals surface area contributed by atoms with Crippen LogP contribution in [0.25, 0.3) is 0 Å². The highest BCUT2D eigenvalue weighted by Crippen LogP contribution is 2.37. The van der Waals surface area contributed by atoms with Gasteiger partial charge < -0.3 is 24.5 Å². The normalized spacial score (nSPS) is 18.3. The zero-order chi connectivity index (χ0) is 20.8. The fourth-order valence-corrected chi connectivity index (χ4v) is 2.40. The number of aromatic carboxylic acids is 1. The quantitative estimate of drug-likeness (QED) is 0.767. The number of hydrogen-bond acceptors (Lipinski definition) is 5. The molecule has 0 aliphatic carbocycles. The van der Waals surface area contributed by atoms with Gasteiger partial charge in [0.15, 0.2) is 0 Å². The monoisotopic (exact) mass is 389 g/mol. The number of amides is 1. The van der Waals surface area contributed by atoms with Crippen LogP contribution in [0.15, 0.2) is 12.1 Å². The van der Waals surface area contributed by atoms with Crippen LogP contribution in [0.1, 0.15) is 38.1 Å². The molecule has 2 rings (SSSR count). The van der Waals surface area contributed by atoms with Crippen molar-refractivity contribution in [1.82, 2.24) is 0 Å². The lowest BCUT2D eigenvalue weighted by Gasteiger charge is -2.32. The van der Waals surface area contributed by atoms with Crippen LogP contribution in [-0.2, 0) is 14.1 Å². The standard InChI is InChI=1S/C16H19BF3NO6/c1-14(2)15(3,4)27-17(26-14)9-6-8(12(22)23)11(25-5)7-10(9)21-13(24)16(18,19)20/h6-7H,1-5H3,(H,21,24)(H,22,23). The average molecular weight is 389 g/mol. The summed E-state index contributed by atoms with van der Waals surface area (Å²) in [6, 6.07) is 2.06. The van der Waals surface area contributed by atoms with Gasteiger partial charge in [0.1, 0.15) is 11.3 Å². The van der Waals surface area contributed by atoms with Gasteiger partial charge in [-0.05, 0) is 33.8 Å². The van der Waals surface area contributed by atoms with E-state index >= 15 is 0 Å². The third-order valence-electron chi connectivity index (χ3n) is 4.61. The van der Waals surface area contributed by atoms with E-state index in [9.17, 15) is 27.9 Å². The number of rotatable bonds is 4. The van der Waals surface area contributed by atoms with E-state index in [1.54, 1.807) is 33.0 Å². The third-order valence-corrected chi connectivity index (χ3v) is 4.61. The Morgan fingerprint density at radius 1 is 1.15 bits per heavy atom. The molecule has 0 unspecified atom stereocenters. The first-order valence-corrected chi connectivity index (χ1v) is 7.88. The number of carbonyl (C=O) groups is 2. The van der Waals surface area contributed by atoms with Crippen LogP contribution in [0.3, 0.4) is 0 Å². The number of alkyl halides is 3. The molecular weight excluding hydrogens is 370 g/mol. The summed E-state index contributed by atoms with van der Waals surface area (Å²) in [6.45, 7) is 6.90. The molecule has 7 nitrogen and oxygen atoms in total. The number of nitrogens with one attached hydrogen (secondary N) is 1. The molecule has 11 heteroatoms. The molecule has 2 N–H and O–H groups in total. The van der Waals surface area contributed by atoms with Crippen molar-refractivity contribution in [2.24, 2.45) is 0 Å². The summed E-state index contributed by atoms with van der Waals surface area (Å²) in [5.41, 5.74) is -2.35. The maximum Gasteiger partial charge on any atom is 0.497 e. The summed E-state index contributed by atoms with van der Waals surface area (Å²) in [5, 5.41) is 11.1. The molecule has 0 radical (unpaired) electrons. The molecule has 1 aromatic rings. The average Bonchev–Trinajstić information content (AvgIpc) is 2.73. The molecular formula is C16H19BF3NO6. The summed E-state index contributed by atoms with van der Waals surface area (Å²) in [7, 11) is -0.0338. The van der Waals surface area contributed by atoms with Gasteiger partial charge in [0, 0.05) is 17.2 Å². The summed E-state index contributed by atoms with van der Waals surface area (Å²) in [5.74, 6) is -3.80. The van der Waals surface area contributed by atoms with Crippen molar-refractivity contribution in [1.29, 1.82) is 0 Å². The number of benzene rings is 1. The van der Waals surface area contributed by atoms with Crippen LogP contribution in [0, 0.1) is 0 Å². The number of carboxylic acid groups (broad SMARTS) is 1. The molecule has 1 saturated heterocycles. The number of methoxy groups -OCH3 is 1. The first-order chi connectivity index (χ1) is 12.2. The summed E-state index contributed by atoms with van der Waals surface area (Å²) in [4.78, 5) is 22.9. The molecule has 0 spiro atoms. The maximum atomic E-state index is 12.7. The van der Waals surface area contributed by atoms with E-state index in [1.807, 2.05) is 0 Å². The van der Waals surface area contributed by atoms with E-state index in [1.165, 1.54) is 0 Å². The minimum Gasteiger partial charge on any atom is -0.496 e. The van der Waals surface area contributed by atoms with Gasteiger partial charge in [0.2, 0.25) is 0 Å². The second-order valence-electron chi connectivity index (χ2n) is 6.99. The topological polar surface area (TPSA) is 94.1 Å². The van der Waals surface area contributed by atoms with Gasteiger partial charge in [0.05, 0.1) is 18.3 Å². The Kier molecular flexibility index (Phi) is 5.23. The molecule has 1 amide bonds. The maximum absolute atomic E-state index is 12.7. The molecule has 1 heterocycles.